The molecular formula is C16H16Cl2N2O2S. The van der Waals surface area contributed by atoms with Crippen LogP contribution in [0.2, 0.25) is 10.0 Å². The van der Waals surface area contributed by atoms with Gasteiger partial charge in [-0.15, -0.1) is 0 Å². The molecule has 0 aliphatic carbocycles. The van der Waals surface area contributed by atoms with Crippen LogP contribution >= 0.6 is 23.2 Å². The van der Waals surface area contributed by atoms with Gasteiger partial charge in [-0.2, -0.15) is 0 Å². The van der Waals surface area contributed by atoms with E-state index in [-0.39, 0.29) is 4.90 Å². The molecule has 1 saturated heterocycles. The predicted molar refractivity (Wildman–Crippen MR) is 95.2 cm³/mol. The zero-order valence-corrected chi connectivity index (χ0v) is 14.6. The summed E-state index contributed by atoms with van der Waals surface area (Å²) in [5, 5.41) is 0.681. The third-order valence-corrected chi connectivity index (χ3v) is 5.93. The summed E-state index contributed by atoms with van der Waals surface area (Å²) in [5.41, 5.74) is 1.43. The van der Waals surface area contributed by atoms with E-state index in [1.54, 1.807) is 24.3 Å². The second kappa shape index (κ2) is 6.59. The van der Waals surface area contributed by atoms with Crippen LogP contribution in [-0.4, -0.2) is 21.5 Å². The Morgan fingerprint density at radius 3 is 2.17 bits per heavy atom. The summed E-state index contributed by atoms with van der Waals surface area (Å²) in [6.45, 7) is 2.04. The highest BCUT2D eigenvalue weighted by Gasteiger charge is 2.17. The predicted octanol–water partition coefficient (Wildman–Crippen LogP) is 4.39. The third-order valence-electron chi connectivity index (χ3n) is 3.79. The van der Waals surface area contributed by atoms with Crippen molar-refractivity contribution in [2.24, 2.45) is 0 Å². The largest absolute Gasteiger partial charge is 0.372 e. The summed E-state index contributed by atoms with van der Waals surface area (Å²) in [6, 6.07) is 11.5. The Morgan fingerprint density at radius 1 is 0.913 bits per heavy atom. The smallest absolute Gasteiger partial charge is 0.261 e. The summed E-state index contributed by atoms with van der Waals surface area (Å²) >= 11 is 11.7. The number of hydrogen-bond acceptors (Lipinski definition) is 3. The number of anilines is 2. The maximum Gasteiger partial charge on any atom is 0.261 e. The van der Waals surface area contributed by atoms with Gasteiger partial charge in [-0.3, -0.25) is 4.72 Å². The van der Waals surface area contributed by atoms with Crippen LogP contribution in [0.3, 0.4) is 0 Å². The lowest BCUT2D eigenvalue weighted by Gasteiger charge is -2.17. The first-order valence-corrected chi connectivity index (χ1v) is 9.52. The Balaban J connectivity index is 1.80. The van der Waals surface area contributed by atoms with Crippen molar-refractivity contribution in [1.29, 1.82) is 0 Å². The lowest BCUT2D eigenvalue weighted by Crippen LogP contribution is -2.18. The maximum atomic E-state index is 12.4. The van der Waals surface area contributed by atoms with Gasteiger partial charge in [0.1, 0.15) is 0 Å². The van der Waals surface area contributed by atoms with Crippen LogP contribution in [0, 0.1) is 0 Å². The summed E-state index contributed by atoms with van der Waals surface area (Å²) < 4.78 is 27.4. The summed E-state index contributed by atoms with van der Waals surface area (Å²) in [7, 11) is -3.65. The average Bonchev–Trinajstić information content (AvgIpc) is 3.05. The molecule has 0 spiro atoms. The molecule has 4 nitrogen and oxygen atoms in total. The lowest BCUT2D eigenvalue weighted by molar-refractivity contribution is 0.601. The van der Waals surface area contributed by atoms with Crippen molar-refractivity contribution in [3.8, 4) is 0 Å². The second-order valence-electron chi connectivity index (χ2n) is 5.42. The number of halogens is 2. The van der Waals surface area contributed by atoms with Crippen molar-refractivity contribution in [1.82, 2.24) is 0 Å². The quantitative estimate of drug-likeness (QED) is 0.867. The van der Waals surface area contributed by atoms with Gasteiger partial charge in [0.15, 0.2) is 0 Å². The minimum absolute atomic E-state index is 0.214. The first-order chi connectivity index (χ1) is 11.0. The SMILES string of the molecule is O=S(=O)(Nc1ccc(Cl)c(Cl)c1)c1ccc(N2CCCC2)cc1. The van der Waals surface area contributed by atoms with E-state index >= 15 is 0 Å². The van der Waals surface area contributed by atoms with E-state index in [0.29, 0.717) is 15.7 Å². The van der Waals surface area contributed by atoms with Gasteiger partial charge in [-0.1, -0.05) is 23.2 Å². The van der Waals surface area contributed by atoms with Crippen LogP contribution in [0.4, 0.5) is 11.4 Å². The fourth-order valence-electron chi connectivity index (χ4n) is 2.59. The molecule has 1 aliphatic heterocycles. The van der Waals surface area contributed by atoms with Crippen LogP contribution in [0.25, 0.3) is 0 Å². The molecule has 23 heavy (non-hydrogen) atoms. The maximum absolute atomic E-state index is 12.4. The highest BCUT2D eigenvalue weighted by molar-refractivity contribution is 7.92. The number of sulfonamides is 1. The Kier molecular flexibility index (Phi) is 4.71. The number of nitrogens with one attached hydrogen (secondary N) is 1. The fraction of sp³-hybridized carbons (Fsp3) is 0.250. The second-order valence-corrected chi connectivity index (χ2v) is 7.92. The number of hydrogen-bond donors (Lipinski definition) is 1. The highest BCUT2D eigenvalue weighted by Crippen LogP contribution is 2.27. The van der Waals surface area contributed by atoms with Gasteiger partial charge in [0.2, 0.25) is 0 Å². The van der Waals surface area contributed by atoms with Gasteiger partial charge >= 0.3 is 0 Å². The summed E-state index contributed by atoms with van der Waals surface area (Å²) in [6.07, 6.45) is 2.36. The van der Waals surface area contributed by atoms with E-state index in [1.165, 1.54) is 18.9 Å². The van der Waals surface area contributed by atoms with Crippen molar-refractivity contribution in [3.63, 3.8) is 0 Å². The molecule has 0 amide bonds. The van der Waals surface area contributed by atoms with Crippen molar-refractivity contribution < 1.29 is 8.42 Å². The molecule has 1 N–H and O–H groups in total. The Hall–Kier alpha value is -1.43. The van der Waals surface area contributed by atoms with E-state index < -0.39 is 10.0 Å². The molecule has 0 atom stereocenters. The third kappa shape index (κ3) is 3.74. The van der Waals surface area contributed by atoms with E-state index in [0.717, 1.165) is 18.8 Å². The fourth-order valence-corrected chi connectivity index (χ4v) is 3.93. The first kappa shape index (κ1) is 16.4. The molecule has 2 aromatic carbocycles. The van der Waals surface area contributed by atoms with Gasteiger partial charge in [-0.05, 0) is 55.3 Å². The van der Waals surface area contributed by atoms with Crippen LogP contribution in [0.1, 0.15) is 12.8 Å². The number of benzene rings is 2. The van der Waals surface area contributed by atoms with Crippen molar-refractivity contribution in [2.75, 3.05) is 22.7 Å². The van der Waals surface area contributed by atoms with Crippen LogP contribution in [0.15, 0.2) is 47.4 Å². The highest BCUT2D eigenvalue weighted by atomic mass is 35.5. The molecule has 0 radical (unpaired) electrons. The topological polar surface area (TPSA) is 49.4 Å². The molecule has 1 heterocycles. The molecule has 1 aliphatic rings. The van der Waals surface area contributed by atoms with Crippen molar-refractivity contribution in [3.05, 3.63) is 52.5 Å². The van der Waals surface area contributed by atoms with Crippen LogP contribution in [-0.2, 0) is 10.0 Å². The average molecular weight is 371 g/mol. The molecule has 122 valence electrons. The zero-order valence-electron chi connectivity index (χ0n) is 12.3. The van der Waals surface area contributed by atoms with E-state index in [9.17, 15) is 8.42 Å². The summed E-state index contributed by atoms with van der Waals surface area (Å²) in [4.78, 5) is 2.47. The van der Waals surface area contributed by atoms with Gasteiger partial charge in [0.25, 0.3) is 10.0 Å². The molecule has 0 aromatic heterocycles. The van der Waals surface area contributed by atoms with Crippen molar-refractivity contribution >= 4 is 44.6 Å². The van der Waals surface area contributed by atoms with Gasteiger partial charge in [-0.25, -0.2) is 8.42 Å². The van der Waals surface area contributed by atoms with Gasteiger partial charge in [0.05, 0.1) is 20.6 Å². The normalized spacial score (nSPS) is 15.0. The molecule has 0 bridgehead atoms. The minimum Gasteiger partial charge on any atom is -0.372 e. The Labute approximate surface area is 146 Å². The molecule has 0 saturated carbocycles. The molecule has 3 rings (SSSR count). The lowest BCUT2D eigenvalue weighted by atomic mass is 10.3. The minimum atomic E-state index is -3.65. The van der Waals surface area contributed by atoms with Crippen LogP contribution in [0.5, 0.6) is 0 Å². The van der Waals surface area contributed by atoms with E-state index in [4.69, 9.17) is 23.2 Å². The van der Waals surface area contributed by atoms with Gasteiger partial charge < -0.3 is 4.90 Å². The standard InChI is InChI=1S/C16H16Cl2N2O2S/c17-15-8-3-12(11-16(15)18)19-23(21,22)14-6-4-13(5-7-14)20-9-1-2-10-20/h3-8,11,19H,1-2,9-10H2. The Morgan fingerprint density at radius 2 is 1.57 bits per heavy atom. The van der Waals surface area contributed by atoms with Crippen LogP contribution < -0.4 is 9.62 Å². The molecule has 7 heteroatoms. The first-order valence-electron chi connectivity index (χ1n) is 7.29. The number of nitrogens with zero attached hydrogens (tertiary/aromatic N) is 1. The monoisotopic (exact) mass is 370 g/mol. The zero-order chi connectivity index (χ0) is 16.4. The van der Waals surface area contributed by atoms with Gasteiger partial charge in [0, 0.05) is 18.8 Å². The van der Waals surface area contributed by atoms with Crippen molar-refractivity contribution in [2.45, 2.75) is 17.7 Å². The molecule has 0 unspecified atom stereocenters. The number of rotatable bonds is 4. The van der Waals surface area contributed by atoms with E-state index in [2.05, 4.69) is 9.62 Å². The Bertz CT molecular complexity index is 801. The molecule has 2 aromatic rings. The van der Waals surface area contributed by atoms with E-state index in [1.807, 2.05) is 12.1 Å². The molecule has 1 fully saturated rings. The molecular weight excluding hydrogens is 355 g/mol. The summed E-state index contributed by atoms with van der Waals surface area (Å²) in [5.74, 6) is 0.